The molecular weight excluding hydrogens is 702 g/mol. The summed E-state index contributed by atoms with van der Waals surface area (Å²) in [6.07, 6.45) is 63.4. The van der Waals surface area contributed by atoms with Crippen LogP contribution in [0.5, 0.6) is 0 Å². The minimum Gasteiger partial charge on any atom is -1.00 e. The van der Waals surface area contributed by atoms with Gasteiger partial charge in [-0.05, 0) is 25.7 Å². The Morgan fingerprint density at radius 2 is 0.393 bits per heavy atom. The molecule has 0 radical (unpaired) electrons. The maximum atomic E-state index is 5.86. The number of rotatable bonds is 47. The molecule has 0 spiro atoms. The van der Waals surface area contributed by atoms with Gasteiger partial charge < -0.3 is 21.6 Å². The molecule has 0 aliphatic carbocycles. The number of unbranched alkanes of at least 4 members (excludes halogenated alkanes) is 41. The zero-order valence-corrected chi connectivity index (χ0v) is 41.2. The molecule has 0 heterocycles. The van der Waals surface area contributed by atoms with Gasteiger partial charge in [-0.25, -0.2) is 0 Å². The minimum atomic E-state index is 0. The Hall–Kier alpha value is 0.210. The molecule has 0 aromatic heterocycles. The summed E-state index contributed by atoms with van der Waals surface area (Å²) < 4.78 is 6.98. The molecule has 342 valence electrons. The van der Waals surface area contributed by atoms with Crippen molar-refractivity contribution in [2.24, 2.45) is 0 Å². The fourth-order valence-electron chi connectivity index (χ4n) is 8.03. The van der Waals surface area contributed by atoms with Crippen LogP contribution in [0.2, 0.25) is 0 Å². The molecule has 0 rings (SSSR count). The average Bonchev–Trinajstić information content (AvgIpc) is 3.17. The summed E-state index contributed by atoms with van der Waals surface area (Å²) in [5.41, 5.74) is 0. The van der Waals surface area contributed by atoms with Crippen LogP contribution in [0.3, 0.4) is 0 Å². The van der Waals surface area contributed by atoms with E-state index in [1.165, 1.54) is 289 Å². The first-order valence-corrected chi connectivity index (χ1v) is 26.4. The van der Waals surface area contributed by atoms with Crippen LogP contribution in [-0.2, 0) is 4.74 Å². The van der Waals surface area contributed by atoms with E-state index < -0.39 is 0 Å². The highest BCUT2D eigenvalue weighted by molar-refractivity contribution is 4.53. The fraction of sp³-hybridized carbons (Fsp3) is 1.00. The second-order valence-corrected chi connectivity index (χ2v) is 19.1. The van der Waals surface area contributed by atoms with Gasteiger partial charge in [0.15, 0.2) is 0 Å². The Morgan fingerprint density at radius 1 is 0.232 bits per heavy atom. The lowest BCUT2D eigenvalue weighted by Crippen LogP contribution is -3.00. The van der Waals surface area contributed by atoms with Gasteiger partial charge in [0, 0.05) is 13.2 Å². The number of quaternary nitrogens is 1. The minimum absolute atomic E-state index is 0. The lowest BCUT2D eigenvalue weighted by Gasteiger charge is -2.23. The standard InChI is InChI=1S/C34H70O.C19H42N.ClH/c1-3-5-7-9-11-13-15-17-19-20-22-24-26-28-30-32-34-35-33-31-29-27-25-23-21-18-16-14-12-10-8-6-4-2;1-5-6-7-8-9-10-11-12-13-14-15-16-17-18-19-20(2,3)4;/h3-34H2,1-2H3;5-19H2,1-4H3;1H/q;+1;/p-1. The second kappa shape index (κ2) is 55.2. The van der Waals surface area contributed by atoms with Crippen molar-refractivity contribution in [2.75, 3.05) is 40.9 Å². The van der Waals surface area contributed by atoms with E-state index in [9.17, 15) is 0 Å². The van der Waals surface area contributed by atoms with E-state index in [0.717, 1.165) is 17.7 Å². The molecule has 0 saturated carbocycles. The molecule has 0 fully saturated rings. The smallest absolute Gasteiger partial charge is 0.0780 e. The molecule has 0 aromatic carbocycles. The van der Waals surface area contributed by atoms with Crippen molar-refractivity contribution in [1.82, 2.24) is 0 Å². The summed E-state index contributed by atoms with van der Waals surface area (Å²) in [7, 11) is 6.88. The van der Waals surface area contributed by atoms with Gasteiger partial charge in [0.1, 0.15) is 0 Å². The van der Waals surface area contributed by atoms with E-state index in [0.29, 0.717) is 0 Å². The molecule has 0 N–H and O–H groups in total. The molecular formula is C53H112ClNO. The van der Waals surface area contributed by atoms with Crippen molar-refractivity contribution < 1.29 is 21.6 Å². The highest BCUT2D eigenvalue weighted by Crippen LogP contribution is 2.16. The first-order chi connectivity index (χ1) is 27.0. The van der Waals surface area contributed by atoms with Gasteiger partial charge >= 0.3 is 0 Å². The molecule has 0 aliphatic heterocycles. The Morgan fingerprint density at radius 3 is 0.571 bits per heavy atom. The van der Waals surface area contributed by atoms with Gasteiger partial charge in [-0.2, -0.15) is 0 Å². The number of ether oxygens (including phenoxy) is 1. The van der Waals surface area contributed by atoms with Crippen LogP contribution in [0.1, 0.15) is 303 Å². The lowest BCUT2D eigenvalue weighted by atomic mass is 10.0. The Balaban J connectivity index is -0.00000114. The summed E-state index contributed by atoms with van der Waals surface area (Å²) in [5.74, 6) is 0. The summed E-state index contributed by atoms with van der Waals surface area (Å²) in [5, 5.41) is 0. The van der Waals surface area contributed by atoms with E-state index in [4.69, 9.17) is 4.74 Å². The summed E-state index contributed by atoms with van der Waals surface area (Å²) in [4.78, 5) is 0. The third-order valence-electron chi connectivity index (χ3n) is 12.0. The second-order valence-electron chi connectivity index (χ2n) is 19.1. The van der Waals surface area contributed by atoms with Crippen LogP contribution in [0.15, 0.2) is 0 Å². The average molecular weight is 815 g/mol. The first-order valence-electron chi connectivity index (χ1n) is 26.4. The van der Waals surface area contributed by atoms with E-state index in [1.54, 1.807) is 0 Å². The maximum absolute atomic E-state index is 5.86. The quantitative estimate of drug-likeness (QED) is 0.0439. The highest BCUT2D eigenvalue weighted by Gasteiger charge is 2.05. The monoisotopic (exact) mass is 814 g/mol. The third-order valence-corrected chi connectivity index (χ3v) is 12.0. The zero-order chi connectivity index (χ0) is 40.4. The Kier molecular flexibility index (Phi) is 59.7. The van der Waals surface area contributed by atoms with Crippen molar-refractivity contribution in [3.63, 3.8) is 0 Å². The molecule has 0 amide bonds. The van der Waals surface area contributed by atoms with Crippen molar-refractivity contribution in [3.05, 3.63) is 0 Å². The SMILES string of the molecule is CCCCCCCCCCCCCCCCCCOCCCCCCCCCCCCCCCC.CCCCCCCCCCCCCCCC[N+](C)(C)C.[Cl-]. The van der Waals surface area contributed by atoms with Crippen LogP contribution in [0.25, 0.3) is 0 Å². The number of hydrogen-bond acceptors (Lipinski definition) is 1. The Bertz CT molecular complexity index is 602. The lowest BCUT2D eigenvalue weighted by molar-refractivity contribution is -0.870. The van der Waals surface area contributed by atoms with Crippen LogP contribution in [0.4, 0.5) is 0 Å². The number of hydrogen-bond donors (Lipinski definition) is 0. The Labute approximate surface area is 364 Å². The third kappa shape index (κ3) is 63.4. The fourth-order valence-corrected chi connectivity index (χ4v) is 8.03. The maximum Gasteiger partial charge on any atom is 0.0780 e. The van der Waals surface area contributed by atoms with Gasteiger partial charge in [0.2, 0.25) is 0 Å². The van der Waals surface area contributed by atoms with E-state index in [1.807, 2.05) is 0 Å². The summed E-state index contributed by atoms with van der Waals surface area (Å²) in [6, 6.07) is 0. The van der Waals surface area contributed by atoms with Crippen molar-refractivity contribution in [2.45, 2.75) is 303 Å². The molecule has 0 unspecified atom stereocenters. The summed E-state index contributed by atoms with van der Waals surface area (Å²) in [6.45, 7) is 10.2. The topological polar surface area (TPSA) is 9.23 Å². The van der Waals surface area contributed by atoms with Crippen LogP contribution < -0.4 is 12.4 Å². The zero-order valence-electron chi connectivity index (χ0n) is 40.5. The normalized spacial score (nSPS) is 11.5. The molecule has 2 nitrogen and oxygen atoms in total. The van der Waals surface area contributed by atoms with Crippen molar-refractivity contribution in [3.8, 4) is 0 Å². The van der Waals surface area contributed by atoms with Crippen LogP contribution in [-0.4, -0.2) is 45.4 Å². The molecule has 56 heavy (non-hydrogen) atoms. The molecule has 0 atom stereocenters. The summed E-state index contributed by atoms with van der Waals surface area (Å²) >= 11 is 0. The van der Waals surface area contributed by atoms with Gasteiger partial charge in [-0.3, -0.25) is 0 Å². The van der Waals surface area contributed by atoms with E-state index in [-0.39, 0.29) is 12.4 Å². The van der Waals surface area contributed by atoms with Crippen molar-refractivity contribution >= 4 is 0 Å². The van der Waals surface area contributed by atoms with E-state index >= 15 is 0 Å². The predicted octanol–water partition coefficient (Wildman–Crippen LogP) is 15.9. The number of halogens is 1. The number of nitrogens with zero attached hydrogens (tertiary/aromatic N) is 1. The van der Waals surface area contributed by atoms with Crippen LogP contribution in [0, 0.1) is 0 Å². The first kappa shape index (κ1) is 60.5. The molecule has 0 saturated heterocycles. The van der Waals surface area contributed by atoms with Crippen LogP contribution >= 0.6 is 0 Å². The highest BCUT2D eigenvalue weighted by atomic mass is 35.5. The molecule has 3 heteroatoms. The van der Waals surface area contributed by atoms with Gasteiger partial charge in [0.25, 0.3) is 0 Å². The largest absolute Gasteiger partial charge is 1.00 e. The molecule has 0 bridgehead atoms. The van der Waals surface area contributed by atoms with Crippen molar-refractivity contribution in [1.29, 1.82) is 0 Å². The predicted molar refractivity (Wildman–Crippen MR) is 254 cm³/mol. The van der Waals surface area contributed by atoms with Gasteiger partial charge in [-0.1, -0.05) is 278 Å². The van der Waals surface area contributed by atoms with Gasteiger partial charge in [-0.15, -0.1) is 0 Å². The van der Waals surface area contributed by atoms with E-state index in [2.05, 4.69) is 41.9 Å². The molecule has 0 aliphatic rings. The van der Waals surface area contributed by atoms with Gasteiger partial charge in [0.05, 0.1) is 27.7 Å². The molecule has 0 aromatic rings.